The van der Waals surface area contributed by atoms with Gasteiger partial charge < -0.3 is 4.74 Å². The summed E-state index contributed by atoms with van der Waals surface area (Å²) in [6.07, 6.45) is 1.81. The minimum atomic E-state index is 0.850. The Bertz CT molecular complexity index is 482. The number of fused-ring (bicyclic) bond motifs is 1. The molecule has 0 unspecified atom stereocenters. The summed E-state index contributed by atoms with van der Waals surface area (Å²) in [5, 5.41) is 2.29. The van der Waals surface area contributed by atoms with Gasteiger partial charge in [-0.25, -0.2) is 0 Å². The number of benzene rings is 1. The van der Waals surface area contributed by atoms with Crippen LogP contribution < -0.4 is 4.74 Å². The number of aryl methyl sites for hydroxylation is 1. The Hall–Kier alpha value is -1.09. The molecule has 2 nitrogen and oxygen atoms in total. The Morgan fingerprint density at radius 1 is 1.21 bits per heavy atom. The maximum absolute atomic E-state index is 5.23. The van der Waals surface area contributed by atoms with Gasteiger partial charge in [-0.2, -0.15) is 0 Å². The summed E-state index contributed by atoms with van der Waals surface area (Å²) in [5.74, 6) is 0.850. The van der Waals surface area contributed by atoms with Crippen molar-refractivity contribution in [1.29, 1.82) is 0 Å². The quantitative estimate of drug-likeness (QED) is 0.776. The van der Waals surface area contributed by atoms with Crippen molar-refractivity contribution in [3.8, 4) is 5.75 Å². The van der Waals surface area contributed by atoms with Gasteiger partial charge in [-0.05, 0) is 41.1 Å². The molecule has 0 aliphatic carbocycles. The van der Waals surface area contributed by atoms with Crippen LogP contribution in [0, 0.1) is 6.92 Å². The lowest BCUT2D eigenvalue weighted by molar-refractivity contribution is 0.413. The number of hydrogen-bond donors (Lipinski definition) is 0. The van der Waals surface area contributed by atoms with Gasteiger partial charge in [0.15, 0.2) is 0 Å². The van der Waals surface area contributed by atoms with E-state index in [4.69, 9.17) is 4.74 Å². The molecular weight excluding hydrogens is 242 g/mol. The molecule has 1 aromatic heterocycles. The standard InChI is InChI=1S/C11H10BrNO/c1-7-8-3-4-10(14-2)11(12)9(8)5-6-13-7/h3-6H,1-2H3. The van der Waals surface area contributed by atoms with Gasteiger partial charge in [0.25, 0.3) is 0 Å². The van der Waals surface area contributed by atoms with Crippen molar-refractivity contribution in [2.45, 2.75) is 6.92 Å². The fourth-order valence-electron chi connectivity index (χ4n) is 1.50. The number of pyridine rings is 1. The molecule has 72 valence electrons. The van der Waals surface area contributed by atoms with Gasteiger partial charge in [-0.3, -0.25) is 4.98 Å². The Morgan fingerprint density at radius 3 is 2.71 bits per heavy atom. The van der Waals surface area contributed by atoms with E-state index < -0.39 is 0 Å². The van der Waals surface area contributed by atoms with Crippen LogP contribution in [0.25, 0.3) is 10.8 Å². The van der Waals surface area contributed by atoms with Crippen molar-refractivity contribution >= 4 is 26.7 Å². The molecule has 0 saturated heterocycles. The third kappa shape index (κ3) is 1.38. The normalized spacial score (nSPS) is 10.5. The molecule has 0 radical (unpaired) electrons. The van der Waals surface area contributed by atoms with Gasteiger partial charge in [0, 0.05) is 22.7 Å². The predicted molar refractivity (Wildman–Crippen MR) is 60.7 cm³/mol. The van der Waals surface area contributed by atoms with Gasteiger partial charge in [0.05, 0.1) is 11.6 Å². The monoisotopic (exact) mass is 251 g/mol. The average Bonchev–Trinajstić information content (AvgIpc) is 2.20. The summed E-state index contributed by atoms with van der Waals surface area (Å²) in [4.78, 5) is 4.24. The van der Waals surface area contributed by atoms with E-state index in [1.165, 1.54) is 0 Å². The molecule has 2 rings (SSSR count). The van der Waals surface area contributed by atoms with Gasteiger partial charge in [0.2, 0.25) is 0 Å². The molecule has 0 N–H and O–H groups in total. The van der Waals surface area contributed by atoms with E-state index in [9.17, 15) is 0 Å². The SMILES string of the molecule is COc1ccc2c(C)nccc2c1Br. The zero-order valence-corrected chi connectivity index (χ0v) is 9.63. The van der Waals surface area contributed by atoms with E-state index in [0.29, 0.717) is 0 Å². The van der Waals surface area contributed by atoms with Crippen molar-refractivity contribution in [3.05, 3.63) is 34.6 Å². The van der Waals surface area contributed by atoms with Gasteiger partial charge in [0.1, 0.15) is 5.75 Å². The maximum Gasteiger partial charge on any atom is 0.133 e. The highest BCUT2D eigenvalue weighted by atomic mass is 79.9. The summed E-state index contributed by atoms with van der Waals surface area (Å²) >= 11 is 3.52. The van der Waals surface area contributed by atoms with Gasteiger partial charge in [-0.15, -0.1) is 0 Å². The summed E-state index contributed by atoms with van der Waals surface area (Å²) in [7, 11) is 1.67. The van der Waals surface area contributed by atoms with E-state index in [2.05, 4.69) is 20.9 Å². The maximum atomic E-state index is 5.23. The first-order valence-electron chi connectivity index (χ1n) is 4.32. The Morgan fingerprint density at radius 2 is 2.00 bits per heavy atom. The van der Waals surface area contributed by atoms with Crippen LogP contribution in [0.4, 0.5) is 0 Å². The van der Waals surface area contributed by atoms with Crippen LogP contribution in [0.1, 0.15) is 5.69 Å². The largest absolute Gasteiger partial charge is 0.496 e. The molecule has 0 atom stereocenters. The van der Waals surface area contributed by atoms with Crippen LogP contribution in [0.15, 0.2) is 28.9 Å². The van der Waals surface area contributed by atoms with E-state index in [-0.39, 0.29) is 0 Å². The lowest BCUT2D eigenvalue weighted by Crippen LogP contribution is -1.88. The molecule has 0 spiro atoms. The lowest BCUT2D eigenvalue weighted by Gasteiger charge is -2.07. The molecule has 0 aliphatic heterocycles. The smallest absolute Gasteiger partial charge is 0.133 e. The summed E-state index contributed by atoms with van der Waals surface area (Å²) in [6.45, 7) is 2.00. The van der Waals surface area contributed by atoms with Crippen molar-refractivity contribution in [1.82, 2.24) is 4.98 Å². The van der Waals surface area contributed by atoms with Crippen molar-refractivity contribution in [2.75, 3.05) is 7.11 Å². The molecule has 0 aliphatic rings. The van der Waals surface area contributed by atoms with E-state index >= 15 is 0 Å². The second-order valence-electron chi connectivity index (χ2n) is 3.07. The number of ether oxygens (including phenoxy) is 1. The molecule has 2 aromatic rings. The van der Waals surface area contributed by atoms with Crippen molar-refractivity contribution in [3.63, 3.8) is 0 Å². The second-order valence-corrected chi connectivity index (χ2v) is 3.87. The topological polar surface area (TPSA) is 22.1 Å². The summed E-state index contributed by atoms with van der Waals surface area (Å²) in [5.41, 5.74) is 1.03. The minimum absolute atomic E-state index is 0.850. The first-order chi connectivity index (χ1) is 6.74. The molecule has 0 saturated carbocycles. The minimum Gasteiger partial charge on any atom is -0.496 e. The van der Waals surface area contributed by atoms with Crippen LogP contribution in [0.2, 0.25) is 0 Å². The molecule has 14 heavy (non-hydrogen) atoms. The van der Waals surface area contributed by atoms with Gasteiger partial charge in [-0.1, -0.05) is 0 Å². The van der Waals surface area contributed by atoms with Crippen LogP contribution in [-0.4, -0.2) is 12.1 Å². The number of aromatic nitrogens is 1. The summed E-state index contributed by atoms with van der Waals surface area (Å²) in [6, 6.07) is 5.96. The fourth-order valence-corrected chi connectivity index (χ4v) is 2.14. The number of hydrogen-bond acceptors (Lipinski definition) is 2. The highest BCUT2D eigenvalue weighted by molar-refractivity contribution is 9.10. The Labute approximate surface area is 91.0 Å². The fraction of sp³-hybridized carbons (Fsp3) is 0.182. The lowest BCUT2D eigenvalue weighted by atomic mass is 10.1. The second kappa shape index (κ2) is 3.58. The van der Waals surface area contributed by atoms with Crippen molar-refractivity contribution in [2.24, 2.45) is 0 Å². The predicted octanol–water partition coefficient (Wildman–Crippen LogP) is 3.31. The first kappa shape index (κ1) is 9.46. The van der Waals surface area contributed by atoms with E-state index in [0.717, 1.165) is 26.7 Å². The highest BCUT2D eigenvalue weighted by Crippen LogP contribution is 2.33. The molecule has 1 aromatic carbocycles. The Kier molecular flexibility index (Phi) is 2.42. The van der Waals surface area contributed by atoms with E-state index in [1.807, 2.05) is 31.3 Å². The number of methoxy groups -OCH3 is 1. The van der Waals surface area contributed by atoms with Gasteiger partial charge >= 0.3 is 0 Å². The molecule has 0 bridgehead atoms. The van der Waals surface area contributed by atoms with Crippen LogP contribution >= 0.6 is 15.9 Å². The third-order valence-electron chi connectivity index (χ3n) is 2.26. The molecule has 3 heteroatoms. The number of rotatable bonds is 1. The zero-order valence-electron chi connectivity index (χ0n) is 8.04. The van der Waals surface area contributed by atoms with Crippen LogP contribution in [0.5, 0.6) is 5.75 Å². The molecule has 1 heterocycles. The first-order valence-corrected chi connectivity index (χ1v) is 5.11. The van der Waals surface area contributed by atoms with Crippen LogP contribution in [0.3, 0.4) is 0 Å². The number of halogens is 1. The molecular formula is C11H10BrNO. The number of nitrogens with zero attached hydrogens (tertiary/aromatic N) is 1. The average molecular weight is 252 g/mol. The van der Waals surface area contributed by atoms with Crippen molar-refractivity contribution < 1.29 is 4.74 Å². The Balaban J connectivity index is 2.84. The zero-order chi connectivity index (χ0) is 10.1. The molecule has 0 fully saturated rings. The van der Waals surface area contributed by atoms with Crippen LogP contribution in [-0.2, 0) is 0 Å². The highest BCUT2D eigenvalue weighted by Gasteiger charge is 2.06. The molecule has 0 amide bonds. The van der Waals surface area contributed by atoms with E-state index in [1.54, 1.807) is 7.11 Å². The summed E-state index contributed by atoms with van der Waals surface area (Å²) < 4.78 is 6.21. The third-order valence-corrected chi connectivity index (χ3v) is 3.08.